The summed E-state index contributed by atoms with van der Waals surface area (Å²) in [5.41, 5.74) is 8.49. The Morgan fingerprint density at radius 1 is 1.14 bits per heavy atom. The first-order valence-corrected chi connectivity index (χ1v) is 8.49. The van der Waals surface area contributed by atoms with E-state index in [-0.39, 0.29) is 22.9 Å². The largest absolute Gasteiger partial charge is 0.497 e. The monoisotopic (exact) mass is 372 g/mol. The third-order valence-electron chi connectivity index (χ3n) is 4.57. The molecular weight excluding hydrogens is 356 g/mol. The van der Waals surface area contributed by atoms with Crippen LogP contribution in [0.1, 0.15) is 16.8 Å². The number of nitrogens with zero attached hydrogens (tertiary/aromatic N) is 5. The summed E-state index contributed by atoms with van der Waals surface area (Å²) in [6.45, 7) is 3.73. The number of aromatic nitrogens is 4. The minimum Gasteiger partial charge on any atom is -0.497 e. The maximum Gasteiger partial charge on any atom is 0.279 e. The molecule has 8 nitrogen and oxygen atoms in total. The summed E-state index contributed by atoms with van der Waals surface area (Å²) in [5, 5.41) is 10.2. The molecule has 8 heteroatoms. The minimum absolute atomic E-state index is 0.0947. The van der Waals surface area contributed by atoms with Crippen molar-refractivity contribution in [3.05, 3.63) is 57.5 Å². The molecule has 0 saturated heterocycles. The van der Waals surface area contributed by atoms with Crippen LogP contribution in [0.3, 0.4) is 0 Å². The van der Waals surface area contributed by atoms with Crippen molar-refractivity contribution in [2.75, 3.05) is 12.8 Å². The van der Waals surface area contributed by atoms with Crippen molar-refractivity contribution in [3.8, 4) is 23.1 Å². The van der Waals surface area contributed by atoms with Crippen molar-refractivity contribution in [2.24, 2.45) is 0 Å². The van der Waals surface area contributed by atoms with Crippen LogP contribution in [0.4, 0.5) is 5.82 Å². The van der Waals surface area contributed by atoms with Gasteiger partial charge in [-0.05, 0) is 49.7 Å². The third kappa shape index (κ3) is 2.53. The zero-order chi connectivity index (χ0) is 20.0. The molecule has 4 rings (SSSR count). The van der Waals surface area contributed by atoms with Gasteiger partial charge in [0.15, 0.2) is 5.65 Å². The predicted molar refractivity (Wildman–Crippen MR) is 105 cm³/mol. The highest BCUT2D eigenvalue weighted by molar-refractivity contribution is 5.90. The van der Waals surface area contributed by atoms with Crippen molar-refractivity contribution < 1.29 is 4.74 Å². The van der Waals surface area contributed by atoms with E-state index in [2.05, 4.69) is 15.0 Å². The Bertz CT molecular complexity index is 1350. The lowest BCUT2D eigenvalue weighted by atomic mass is 10.1. The predicted octanol–water partition coefficient (Wildman–Crippen LogP) is 2.38. The highest BCUT2D eigenvalue weighted by Crippen LogP contribution is 2.26. The van der Waals surface area contributed by atoms with Crippen LogP contribution >= 0.6 is 0 Å². The van der Waals surface area contributed by atoms with Crippen molar-refractivity contribution >= 4 is 22.6 Å². The first-order chi connectivity index (χ1) is 13.4. The maximum atomic E-state index is 13.1. The zero-order valence-electron chi connectivity index (χ0n) is 15.5. The Balaban J connectivity index is 2.12. The average molecular weight is 372 g/mol. The van der Waals surface area contributed by atoms with Gasteiger partial charge in [-0.2, -0.15) is 10.2 Å². The van der Waals surface area contributed by atoms with Gasteiger partial charge in [0.25, 0.3) is 5.56 Å². The zero-order valence-corrected chi connectivity index (χ0v) is 15.5. The van der Waals surface area contributed by atoms with E-state index >= 15 is 0 Å². The van der Waals surface area contributed by atoms with E-state index in [1.54, 1.807) is 31.4 Å². The molecular formula is C20H16N6O2. The summed E-state index contributed by atoms with van der Waals surface area (Å²) in [4.78, 5) is 26.4. The average Bonchev–Trinajstić information content (AvgIpc) is 2.67. The van der Waals surface area contributed by atoms with Gasteiger partial charge in [-0.15, -0.1) is 0 Å². The molecule has 0 bridgehead atoms. The molecule has 0 unspecified atom stereocenters. The summed E-state index contributed by atoms with van der Waals surface area (Å²) in [7, 11) is 1.56. The summed E-state index contributed by atoms with van der Waals surface area (Å²) in [5.74, 6) is 0.917. The van der Waals surface area contributed by atoms with Gasteiger partial charge in [0.1, 0.15) is 23.2 Å². The molecule has 0 aliphatic heterocycles. The van der Waals surface area contributed by atoms with Gasteiger partial charge in [0, 0.05) is 11.3 Å². The van der Waals surface area contributed by atoms with Crippen LogP contribution in [0, 0.1) is 25.2 Å². The number of aryl methyl sites for hydroxylation is 2. The molecule has 0 atom stereocenters. The molecule has 1 aromatic carbocycles. The van der Waals surface area contributed by atoms with Gasteiger partial charge in [0.2, 0.25) is 5.78 Å². The van der Waals surface area contributed by atoms with Gasteiger partial charge in [-0.3, -0.25) is 4.79 Å². The molecule has 0 aliphatic carbocycles. The Morgan fingerprint density at radius 2 is 1.86 bits per heavy atom. The number of pyridine rings is 1. The molecule has 0 saturated carbocycles. The van der Waals surface area contributed by atoms with Crippen molar-refractivity contribution in [2.45, 2.75) is 13.8 Å². The fraction of sp³-hybridized carbons (Fsp3) is 0.150. The number of nitriles is 1. The number of fused-ring (bicyclic) bond motifs is 2. The second kappa shape index (κ2) is 6.32. The van der Waals surface area contributed by atoms with Crippen LogP contribution in [0.25, 0.3) is 28.1 Å². The fourth-order valence-corrected chi connectivity index (χ4v) is 3.28. The molecule has 3 aromatic heterocycles. The lowest BCUT2D eigenvalue weighted by Crippen LogP contribution is -2.23. The Kier molecular flexibility index (Phi) is 3.93. The highest BCUT2D eigenvalue weighted by Gasteiger charge is 2.19. The minimum atomic E-state index is -0.565. The number of anilines is 1. The second-order valence-corrected chi connectivity index (χ2v) is 6.39. The van der Waals surface area contributed by atoms with Gasteiger partial charge in [-0.25, -0.2) is 14.4 Å². The summed E-state index contributed by atoms with van der Waals surface area (Å²) in [6, 6.07) is 10.7. The Morgan fingerprint density at radius 3 is 2.50 bits per heavy atom. The number of rotatable bonds is 2. The van der Waals surface area contributed by atoms with Gasteiger partial charge in [-0.1, -0.05) is 0 Å². The van der Waals surface area contributed by atoms with E-state index in [1.165, 1.54) is 0 Å². The quantitative estimate of drug-likeness (QED) is 0.536. The number of hydrogen-bond donors (Lipinski definition) is 1. The molecule has 0 radical (unpaired) electrons. The van der Waals surface area contributed by atoms with Crippen molar-refractivity contribution in [1.82, 2.24) is 19.4 Å². The molecule has 0 fully saturated rings. The van der Waals surface area contributed by atoms with Gasteiger partial charge >= 0.3 is 0 Å². The second-order valence-electron chi connectivity index (χ2n) is 6.39. The molecule has 0 aliphatic rings. The lowest BCUT2D eigenvalue weighted by Gasteiger charge is -2.12. The van der Waals surface area contributed by atoms with E-state index < -0.39 is 5.56 Å². The number of ether oxygens (including phenoxy) is 1. The number of hydrogen-bond acceptors (Lipinski definition) is 7. The van der Waals surface area contributed by atoms with E-state index in [0.29, 0.717) is 22.3 Å². The third-order valence-corrected chi connectivity index (χ3v) is 4.57. The molecule has 28 heavy (non-hydrogen) atoms. The topological polar surface area (TPSA) is 119 Å². The molecule has 2 N–H and O–H groups in total. The fourth-order valence-electron chi connectivity index (χ4n) is 3.28. The SMILES string of the molecule is COc1ccc(-c2nc3nc4nc(C)cc(C)c4c(N)n3c(=O)c2C#N)cc1. The Labute approximate surface area is 159 Å². The summed E-state index contributed by atoms with van der Waals surface area (Å²) < 4.78 is 6.32. The normalized spacial score (nSPS) is 10.9. The maximum absolute atomic E-state index is 13.1. The number of nitrogen functional groups attached to an aromatic ring is 1. The van der Waals surface area contributed by atoms with Crippen LogP contribution < -0.4 is 16.0 Å². The van der Waals surface area contributed by atoms with Crippen molar-refractivity contribution in [3.63, 3.8) is 0 Å². The standard InChI is InChI=1S/C20H16N6O2/c1-10-8-11(2)23-18-15(10)17(22)26-19(27)14(9-21)16(24-20(26)25-18)12-4-6-13(28-3)7-5-12/h4-8H,22H2,1-3H3. The highest BCUT2D eigenvalue weighted by atomic mass is 16.5. The van der Waals surface area contributed by atoms with E-state index in [0.717, 1.165) is 15.7 Å². The van der Waals surface area contributed by atoms with E-state index in [1.807, 2.05) is 26.0 Å². The smallest absolute Gasteiger partial charge is 0.279 e. The molecule has 4 aromatic rings. The first-order valence-electron chi connectivity index (χ1n) is 8.49. The molecule has 3 heterocycles. The molecule has 0 spiro atoms. The summed E-state index contributed by atoms with van der Waals surface area (Å²) in [6.07, 6.45) is 0. The van der Waals surface area contributed by atoms with Crippen LogP contribution in [0.2, 0.25) is 0 Å². The summed E-state index contributed by atoms with van der Waals surface area (Å²) >= 11 is 0. The molecule has 138 valence electrons. The lowest BCUT2D eigenvalue weighted by molar-refractivity contribution is 0.415. The van der Waals surface area contributed by atoms with Crippen LogP contribution in [-0.2, 0) is 0 Å². The van der Waals surface area contributed by atoms with Crippen LogP contribution in [0.15, 0.2) is 35.1 Å². The van der Waals surface area contributed by atoms with E-state index in [4.69, 9.17) is 10.5 Å². The molecule has 0 amide bonds. The van der Waals surface area contributed by atoms with Crippen LogP contribution in [-0.4, -0.2) is 26.5 Å². The number of benzene rings is 1. The van der Waals surface area contributed by atoms with E-state index in [9.17, 15) is 10.1 Å². The van der Waals surface area contributed by atoms with Gasteiger partial charge < -0.3 is 10.5 Å². The van der Waals surface area contributed by atoms with Gasteiger partial charge in [0.05, 0.1) is 18.2 Å². The van der Waals surface area contributed by atoms with Crippen LogP contribution in [0.5, 0.6) is 5.75 Å². The number of methoxy groups -OCH3 is 1. The Hall–Kier alpha value is -3.99. The number of nitrogens with two attached hydrogens (primary N) is 1. The van der Waals surface area contributed by atoms with Crippen molar-refractivity contribution in [1.29, 1.82) is 5.26 Å². The first kappa shape index (κ1) is 17.4.